The summed E-state index contributed by atoms with van der Waals surface area (Å²) >= 11 is 0. The van der Waals surface area contributed by atoms with E-state index in [2.05, 4.69) is 12.2 Å². The van der Waals surface area contributed by atoms with Gasteiger partial charge >= 0.3 is 0 Å². The molecule has 0 aromatic rings. The molecule has 0 aliphatic carbocycles. The number of rotatable bonds is 13. The van der Waals surface area contributed by atoms with Gasteiger partial charge in [0.1, 0.15) is 6.54 Å². The van der Waals surface area contributed by atoms with E-state index in [0.29, 0.717) is 19.5 Å². The van der Waals surface area contributed by atoms with E-state index >= 15 is 0 Å². The van der Waals surface area contributed by atoms with Crippen LogP contribution in [0.2, 0.25) is 0 Å². The Morgan fingerprint density at radius 2 is 1.45 bits per heavy atom. The second-order valence-corrected chi connectivity index (χ2v) is 6.27. The van der Waals surface area contributed by atoms with E-state index in [1.807, 2.05) is 0 Å². The van der Waals surface area contributed by atoms with Crippen molar-refractivity contribution in [1.82, 2.24) is 5.32 Å². The van der Waals surface area contributed by atoms with Crippen LogP contribution in [0.4, 0.5) is 0 Å². The number of unbranched alkanes of at least 4 members (excludes halogenated alkanes) is 8. The van der Waals surface area contributed by atoms with Crippen LogP contribution in [0.1, 0.15) is 71.1 Å². The fourth-order valence-corrected chi connectivity index (χ4v) is 2.15. The van der Waals surface area contributed by atoms with Gasteiger partial charge in [-0.1, -0.05) is 58.3 Å². The maximum Gasteiger partial charge on any atom is 0.220 e. The lowest BCUT2D eigenvalue weighted by molar-refractivity contribution is -1.07. The molecular formula is C16H35N2O2+. The highest BCUT2D eigenvalue weighted by Gasteiger charge is 2.10. The minimum absolute atomic E-state index is 0.0989. The number of amides is 1. The Kier molecular flexibility index (Phi) is 11.8. The number of carbonyl (C=O) groups excluding carboxylic acids is 1. The van der Waals surface area contributed by atoms with Crippen molar-refractivity contribution < 1.29 is 14.6 Å². The van der Waals surface area contributed by atoms with Crippen molar-refractivity contribution in [3.63, 3.8) is 0 Å². The van der Waals surface area contributed by atoms with Crippen LogP contribution >= 0.6 is 0 Å². The number of carbonyl (C=O) groups is 1. The van der Waals surface area contributed by atoms with Crippen LogP contribution in [0, 0.1) is 0 Å². The van der Waals surface area contributed by atoms with E-state index in [0.717, 1.165) is 12.8 Å². The van der Waals surface area contributed by atoms with Crippen molar-refractivity contribution in [2.75, 3.05) is 27.2 Å². The molecule has 1 amide bonds. The minimum Gasteiger partial charge on any atom is -0.350 e. The monoisotopic (exact) mass is 287 g/mol. The van der Waals surface area contributed by atoms with Gasteiger partial charge in [-0.05, 0) is 6.42 Å². The molecule has 4 nitrogen and oxygen atoms in total. The van der Waals surface area contributed by atoms with E-state index in [1.54, 1.807) is 14.1 Å². The summed E-state index contributed by atoms with van der Waals surface area (Å²) in [5.74, 6) is 0.112. The summed E-state index contributed by atoms with van der Waals surface area (Å²) < 4.78 is -0.0989. The van der Waals surface area contributed by atoms with Crippen molar-refractivity contribution in [1.29, 1.82) is 0 Å². The molecule has 120 valence electrons. The van der Waals surface area contributed by atoms with Gasteiger partial charge in [-0.15, -0.1) is 0 Å². The number of nitrogens with one attached hydrogen (secondary N) is 1. The zero-order chi connectivity index (χ0) is 15.3. The molecule has 0 fully saturated rings. The molecule has 0 saturated carbocycles. The van der Waals surface area contributed by atoms with E-state index < -0.39 is 0 Å². The first-order valence-electron chi connectivity index (χ1n) is 8.28. The third-order valence-corrected chi connectivity index (χ3v) is 3.49. The molecule has 2 N–H and O–H groups in total. The lowest BCUT2D eigenvalue weighted by Crippen LogP contribution is -2.42. The van der Waals surface area contributed by atoms with Crippen LogP contribution in [0.5, 0.6) is 0 Å². The standard InChI is InChI=1S/C16H34N2O2/c1-4-5-6-7-8-9-10-11-12-13-16(19)17-14-15-18(2,3)20/h20H,4-15H2,1-3H3/p+1. The second-order valence-electron chi connectivity index (χ2n) is 6.27. The summed E-state index contributed by atoms with van der Waals surface area (Å²) in [5.41, 5.74) is 0. The molecule has 0 rings (SSSR count). The number of likely N-dealkylation sites (N-methyl/N-ethyl adjacent to an activating group) is 1. The van der Waals surface area contributed by atoms with Gasteiger partial charge < -0.3 is 5.32 Å². The van der Waals surface area contributed by atoms with Gasteiger partial charge in [0.15, 0.2) is 0 Å². The molecule has 0 unspecified atom stereocenters. The van der Waals surface area contributed by atoms with E-state index in [1.165, 1.54) is 44.9 Å². The summed E-state index contributed by atoms with van der Waals surface area (Å²) in [4.78, 5) is 11.5. The Bertz CT molecular complexity index is 237. The smallest absolute Gasteiger partial charge is 0.220 e. The third kappa shape index (κ3) is 15.4. The Morgan fingerprint density at radius 3 is 1.95 bits per heavy atom. The molecule has 0 radical (unpaired) electrons. The topological polar surface area (TPSA) is 49.3 Å². The molecule has 0 aromatic heterocycles. The molecule has 0 aliphatic rings. The van der Waals surface area contributed by atoms with Gasteiger partial charge in [0, 0.05) is 6.42 Å². The molecular weight excluding hydrogens is 252 g/mol. The summed E-state index contributed by atoms with van der Waals surface area (Å²) in [6.07, 6.45) is 12.1. The zero-order valence-electron chi connectivity index (χ0n) is 13.8. The van der Waals surface area contributed by atoms with Gasteiger partial charge in [-0.25, -0.2) is 5.21 Å². The number of nitrogens with zero attached hydrogens (tertiary/aromatic N) is 1. The Balaban J connectivity index is 3.23. The SMILES string of the molecule is CCCCCCCCCCCC(=O)NCC[N+](C)(C)O. The summed E-state index contributed by atoms with van der Waals surface area (Å²) in [5, 5.41) is 12.3. The maximum atomic E-state index is 11.5. The van der Waals surface area contributed by atoms with Crippen LogP contribution in [0.15, 0.2) is 0 Å². The van der Waals surface area contributed by atoms with Crippen molar-refractivity contribution in [3.05, 3.63) is 0 Å². The van der Waals surface area contributed by atoms with Gasteiger partial charge in [0.25, 0.3) is 0 Å². The van der Waals surface area contributed by atoms with Crippen molar-refractivity contribution >= 4 is 5.91 Å². The van der Waals surface area contributed by atoms with E-state index in [-0.39, 0.29) is 10.6 Å². The minimum atomic E-state index is -0.0989. The predicted octanol–water partition coefficient (Wildman–Crippen LogP) is 3.49. The molecule has 0 aliphatic heterocycles. The predicted molar refractivity (Wildman–Crippen MR) is 83.6 cm³/mol. The molecule has 0 aromatic carbocycles. The number of hydrogen-bond donors (Lipinski definition) is 2. The van der Waals surface area contributed by atoms with Gasteiger partial charge in [-0.3, -0.25) is 4.79 Å². The molecule has 4 heteroatoms. The van der Waals surface area contributed by atoms with Gasteiger partial charge in [0.2, 0.25) is 5.91 Å². The van der Waals surface area contributed by atoms with E-state index in [9.17, 15) is 10.0 Å². The van der Waals surface area contributed by atoms with Crippen molar-refractivity contribution in [2.24, 2.45) is 0 Å². The molecule has 0 atom stereocenters. The number of hydroxylamine groups is 3. The average Bonchev–Trinajstić information content (AvgIpc) is 2.35. The maximum absolute atomic E-state index is 11.5. The number of hydrogen-bond acceptors (Lipinski definition) is 2. The number of quaternary nitrogens is 1. The molecule has 0 bridgehead atoms. The second kappa shape index (κ2) is 12.2. The lowest BCUT2D eigenvalue weighted by Gasteiger charge is -2.19. The van der Waals surface area contributed by atoms with Crippen molar-refractivity contribution in [3.8, 4) is 0 Å². The highest BCUT2D eigenvalue weighted by molar-refractivity contribution is 5.75. The van der Waals surface area contributed by atoms with Gasteiger partial charge in [-0.2, -0.15) is 4.65 Å². The van der Waals surface area contributed by atoms with E-state index in [4.69, 9.17) is 0 Å². The lowest BCUT2D eigenvalue weighted by atomic mass is 10.1. The first-order chi connectivity index (χ1) is 9.45. The quantitative estimate of drug-likeness (QED) is 0.309. The normalized spacial score (nSPS) is 11.6. The zero-order valence-corrected chi connectivity index (χ0v) is 13.8. The van der Waals surface area contributed by atoms with Crippen LogP contribution in [-0.4, -0.2) is 42.9 Å². The summed E-state index contributed by atoms with van der Waals surface area (Å²) in [6, 6.07) is 0. The summed E-state index contributed by atoms with van der Waals surface area (Å²) in [7, 11) is 3.40. The Morgan fingerprint density at radius 1 is 0.950 bits per heavy atom. The van der Waals surface area contributed by atoms with Crippen molar-refractivity contribution in [2.45, 2.75) is 71.1 Å². The summed E-state index contributed by atoms with van der Waals surface area (Å²) in [6.45, 7) is 3.33. The van der Waals surface area contributed by atoms with Gasteiger partial charge in [0.05, 0.1) is 20.6 Å². The molecule has 0 saturated heterocycles. The molecule has 20 heavy (non-hydrogen) atoms. The fourth-order valence-electron chi connectivity index (χ4n) is 2.15. The first kappa shape index (κ1) is 19.4. The van der Waals surface area contributed by atoms with Crippen LogP contribution in [0.25, 0.3) is 0 Å². The van der Waals surface area contributed by atoms with Crippen LogP contribution < -0.4 is 5.32 Å². The highest BCUT2D eigenvalue weighted by Crippen LogP contribution is 2.10. The molecule has 0 spiro atoms. The fraction of sp³-hybridized carbons (Fsp3) is 0.938. The highest BCUT2D eigenvalue weighted by atomic mass is 16.5. The van der Waals surface area contributed by atoms with Crippen LogP contribution in [0.3, 0.4) is 0 Å². The largest absolute Gasteiger partial charge is 0.350 e. The Labute approximate surface area is 125 Å². The Hall–Kier alpha value is -0.610. The third-order valence-electron chi connectivity index (χ3n) is 3.49. The first-order valence-corrected chi connectivity index (χ1v) is 8.28. The van der Waals surface area contributed by atoms with Crippen LogP contribution in [-0.2, 0) is 4.79 Å². The molecule has 0 heterocycles. The average molecular weight is 287 g/mol.